The lowest BCUT2D eigenvalue weighted by Gasteiger charge is -2.20. The van der Waals surface area contributed by atoms with Crippen molar-refractivity contribution in [3.05, 3.63) is 20.8 Å². The topological polar surface area (TPSA) is 20.3 Å². The zero-order valence-corrected chi connectivity index (χ0v) is 10.4. The summed E-state index contributed by atoms with van der Waals surface area (Å²) < 4.78 is 0.923. The van der Waals surface area contributed by atoms with Crippen molar-refractivity contribution in [1.82, 2.24) is 4.90 Å². The molecule has 1 unspecified atom stereocenters. The standard InChI is InChI=1S/C10H12BrNOS/c1-7-3-2-5-12(7)10(13)9-8(11)4-6-14-9/h4,6-7H,2-3,5H2,1H3. The summed E-state index contributed by atoms with van der Waals surface area (Å²) in [4.78, 5) is 14.8. The van der Waals surface area contributed by atoms with Crippen molar-refractivity contribution in [2.45, 2.75) is 25.8 Å². The maximum absolute atomic E-state index is 12.0. The SMILES string of the molecule is CC1CCCN1C(=O)c1sccc1Br. The molecule has 14 heavy (non-hydrogen) atoms. The van der Waals surface area contributed by atoms with Crippen molar-refractivity contribution in [2.24, 2.45) is 0 Å². The summed E-state index contributed by atoms with van der Waals surface area (Å²) in [5, 5.41) is 1.94. The van der Waals surface area contributed by atoms with Gasteiger partial charge < -0.3 is 4.90 Å². The molecular formula is C10H12BrNOS. The van der Waals surface area contributed by atoms with E-state index in [4.69, 9.17) is 0 Å². The van der Waals surface area contributed by atoms with E-state index in [0.717, 1.165) is 28.7 Å². The fourth-order valence-corrected chi connectivity index (χ4v) is 3.31. The molecule has 1 aliphatic heterocycles. The molecule has 1 aliphatic rings. The molecule has 1 aromatic heterocycles. The fraction of sp³-hybridized carbons (Fsp3) is 0.500. The van der Waals surface area contributed by atoms with Gasteiger partial charge in [-0.1, -0.05) is 0 Å². The number of carbonyl (C=O) groups excluding carboxylic acids is 1. The van der Waals surface area contributed by atoms with Crippen molar-refractivity contribution in [1.29, 1.82) is 0 Å². The Labute approximate surface area is 96.0 Å². The van der Waals surface area contributed by atoms with Crippen LogP contribution in [0.4, 0.5) is 0 Å². The quantitative estimate of drug-likeness (QED) is 0.770. The molecule has 0 bridgehead atoms. The van der Waals surface area contributed by atoms with Crippen molar-refractivity contribution in [2.75, 3.05) is 6.54 Å². The summed E-state index contributed by atoms with van der Waals surface area (Å²) in [5.41, 5.74) is 0. The number of carbonyl (C=O) groups is 1. The Hall–Kier alpha value is -0.350. The van der Waals surface area contributed by atoms with Crippen LogP contribution in [0.5, 0.6) is 0 Å². The number of likely N-dealkylation sites (tertiary alicyclic amines) is 1. The minimum absolute atomic E-state index is 0.178. The molecule has 76 valence electrons. The van der Waals surface area contributed by atoms with Gasteiger partial charge in [-0.25, -0.2) is 0 Å². The van der Waals surface area contributed by atoms with Crippen LogP contribution in [0.1, 0.15) is 29.4 Å². The Morgan fingerprint density at radius 2 is 2.50 bits per heavy atom. The van der Waals surface area contributed by atoms with Crippen LogP contribution in [0.2, 0.25) is 0 Å². The number of hydrogen-bond acceptors (Lipinski definition) is 2. The van der Waals surface area contributed by atoms with Gasteiger partial charge in [0.05, 0.1) is 0 Å². The summed E-state index contributed by atoms with van der Waals surface area (Å²) in [6.45, 7) is 3.02. The molecule has 0 radical (unpaired) electrons. The van der Waals surface area contributed by atoms with E-state index in [9.17, 15) is 4.79 Å². The second kappa shape index (κ2) is 4.03. The molecule has 0 aromatic carbocycles. The summed E-state index contributed by atoms with van der Waals surface area (Å²) in [6.07, 6.45) is 2.27. The zero-order chi connectivity index (χ0) is 10.1. The minimum atomic E-state index is 0.178. The highest BCUT2D eigenvalue weighted by atomic mass is 79.9. The molecule has 1 saturated heterocycles. The van der Waals surface area contributed by atoms with Crippen LogP contribution in [0.3, 0.4) is 0 Å². The highest BCUT2D eigenvalue weighted by molar-refractivity contribution is 9.10. The molecule has 1 fully saturated rings. The van der Waals surface area contributed by atoms with E-state index in [2.05, 4.69) is 22.9 Å². The van der Waals surface area contributed by atoms with Crippen LogP contribution in [0.15, 0.2) is 15.9 Å². The Morgan fingerprint density at radius 1 is 1.71 bits per heavy atom. The van der Waals surface area contributed by atoms with Crippen molar-refractivity contribution < 1.29 is 4.79 Å². The number of rotatable bonds is 1. The highest BCUT2D eigenvalue weighted by Crippen LogP contribution is 2.27. The van der Waals surface area contributed by atoms with Crippen LogP contribution >= 0.6 is 27.3 Å². The third-order valence-corrected chi connectivity index (χ3v) is 4.45. The minimum Gasteiger partial charge on any atom is -0.335 e. The Morgan fingerprint density at radius 3 is 3.00 bits per heavy atom. The largest absolute Gasteiger partial charge is 0.335 e. The van der Waals surface area contributed by atoms with Gasteiger partial charge in [0, 0.05) is 17.1 Å². The smallest absolute Gasteiger partial charge is 0.265 e. The van der Waals surface area contributed by atoms with Crippen LogP contribution < -0.4 is 0 Å². The van der Waals surface area contributed by atoms with Crippen molar-refractivity contribution in [3.63, 3.8) is 0 Å². The first-order valence-electron chi connectivity index (χ1n) is 4.74. The molecule has 2 heterocycles. The van der Waals surface area contributed by atoms with Gasteiger partial charge >= 0.3 is 0 Å². The number of thiophene rings is 1. The third-order valence-electron chi connectivity index (χ3n) is 2.63. The van der Waals surface area contributed by atoms with E-state index in [1.807, 2.05) is 16.3 Å². The monoisotopic (exact) mass is 273 g/mol. The second-order valence-corrected chi connectivity index (χ2v) is 5.36. The van der Waals surface area contributed by atoms with Gasteiger partial charge in [-0.2, -0.15) is 0 Å². The van der Waals surface area contributed by atoms with Gasteiger partial charge in [-0.05, 0) is 47.1 Å². The maximum atomic E-state index is 12.0. The Bertz CT molecular complexity index is 350. The molecule has 1 aromatic rings. The number of hydrogen-bond donors (Lipinski definition) is 0. The van der Waals surface area contributed by atoms with E-state index in [1.165, 1.54) is 11.3 Å². The van der Waals surface area contributed by atoms with Gasteiger partial charge in [-0.3, -0.25) is 4.79 Å². The predicted molar refractivity (Wildman–Crippen MR) is 61.8 cm³/mol. The average molecular weight is 274 g/mol. The first-order chi connectivity index (χ1) is 6.70. The Kier molecular flexibility index (Phi) is 2.93. The maximum Gasteiger partial charge on any atom is 0.265 e. The van der Waals surface area contributed by atoms with Crippen molar-refractivity contribution in [3.8, 4) is 0 Å². The van der Waals surface area contributed by atoms with Gasteiger partial charge in [-0.15, -0.1) is 11.3 Å². The normalized spacial score (nSPS) is 21.6. The number of amides is 1. The fourth-order valence-electron chi connectivity index (χ4n) is 1.81. The lowest BCUT2D eigenvalue weighted by Crippen LogP contribution is -2.33. The first-order valence-corrected chi connectivity index (χ1v) is 6.41. The molecular weight excluding hydrogens is 262 g/mol. The summed E-state index contributed by atoms with van der Waals surface area (Å²) in [7, 11) is 0. The Balaban J connectivity index is 2.20. The van der Waals surface area contributed by atoms with E-state index in [-0.39, 0.29) is 5.91 Å². The molecule has 0 spiro atoms. The first kappa shape index (κ1) is 10.2. The van der Waals surface area contributed by atoms with Crippen LogP contribution in [0, 0.1) is 0 Å². The molecule has 1 amide bonds. The molecule has 0 aliphatic carbocycles. The molecule has 2 rings (SSSR count). The van der Waals surface area contributed by atoms with E-state index >= 15 is 0 Å². The lowest BCUT2D eigenvalue weighted by molar-refractivity contribution is 0.0751. The van der Waals surface area contributed by atoms with Crippen LogP contribution in [-0.2, 0) is 0 Å². The summed E-state index contributed by atoms with van der Waals surface area (Å²) in [5.74, 6) is 0.178. The van der Waals surface area contributed by atoms with Gasteiger partial charge in [0.15, 0.2) is 0 Å². The van der Waals surface area contributed by atoms with Gasteiger partial charge in [0.25, 0.3) is 5.91 Å². The molecule has 1 atom stereocenters. The van der Waals surface area contributed by atoms with Gasteiger partial charge in [0.2, 0.25) is 0 Å². The number of halogens is 1. The number of nitrogens with zero attached hydrogens (tertiary/aromatic N) is 1. The molecule has 0 N–H and O–H groups in total. The van der Waals surface area contributed by atoms with Crippen LogP contribution in [-0.4, -0.2) is 23.4 Å². The average Bonchev–Trinajstić information content (AvgIpc) is 2.73. The summed E-state index contributed by atoms with van der Waals surface area (Å²) in [6, 6.07) is 2.33. The third kappa shape index (κ3) is 1.73. The van der Waals surface area contributed by atoms with E-state index in [1.54, 1.807) is 0 Å². The zero-order valence-electron chi connectivity index (χ0n) is 8.00. The van der Waals surface area contributed by atoms with Crippen molar-refractivity contribution >= 4 is 33.2 Å². The van der Waals surface area contributed by atoms with E-state index < -0.39 is 0 Å². The van der Waals surface area contributed by atoms with Gasteiger partial charge in [0.1, 0.15) is 4.88 Å². The predicted octanol–water partition coefficient (Wildman–Crippen LogP) is 3.14. The van der Waals surface area contributed by atoms with E-state index in [0.29, 0.717) is 6.04 Å². The van der Waals surface area contributed by atoms with Crippen LogP contribution in [0.25, 0.3) is 0 Å². The lowest BCUT2D eigenvalue weighted by atomic mass is 10.2. The molecule has 2 nitrogen and oxygen atoms in total. The highest BCUT2D eigenvalue weighted by Gasteiger charge is 2.27. The molecule has 0 saturated carbocycles. The second-order valence-electron chi connectivity index (χ2n) is 3.59. The summed E-state index contributed by atoms with van der Waals surface area (Å²) >= 11 is 4.91. The molecule has 4 heteroatoms.